The van der Waals surface area contributed by atoms with Crippen LogP contribution in [0.1, 0.15) is 36.1 Å². The first-order chi connectivity index (χ1) is 8.58. The van der Waals surface area contributed by atoms with E-state index < -0.39 is 5.97 Å². The van der Waals surface area contributed by atoms with Crippen molar-refractivity contribution >= 4 is 11.9 Å². The molecule has 0 saturated heterocycles. The molecule has 0 fully saturated rings. The Kier molecular flexibility index (Phi) is 5.38. The molecule has 18 heavy (non-hydrogen) atoms. The van der Waals surface area contributed by atoms with Gasteiger partial charge in [0.05, 0.1) is 12.5 Å². The molecule has 1 aromatic heterocycles. The highest BCUT2D eigenvalue weighted by molar-refractivity contribution is 5.84. The molecule has 1 aromatic rings. The molecule has 1 heterocycles. The van der Waals surface area contributed by atoms with Crippen molar-refractivity contribution in [2.24, 2.45) is 11.7 Å². The maximum atomic E-state index is 11.7. The number of aromatic carboxylic acids is 1. The van der Waals surface area contributed by atoms with Crippen molar-refractivity contribution in [3.63, 3.8) is 0 Å². The molecule has 4 N–H and O–H groups in total. The van der Waals surface area contributed by atoms with Crippen molar-refractivity contribution in [2.45, 2.75) is 26.3 Å². The molecule has 0 aromatic carbocycles. The lowest BCUT2D eigenvalue weighted by atomic mass is 10.0. The standard InChI is InChI=1S/C12H18N2O4/c1-2-3-8(6-13)11(15)14-7-9-4-5-10(18-9)12(16)17/h4-5,8H,2-3,6-7,13H2,1H3,(H,14,15)(H,16,17). The summed E-state index contributed by atoms with van der Waals surface area (Å²) >= 11 is 0. The van der Waals surface area contributed by atoms with Crippen molar-refractivity contribution < 1.29 is 19.1 Å². The van der Waals surface area contributed by atoms with E-state index in [1.54, 1.807) is 0 Å². The minimum Gasteiger partial charge on any atom is -0.475 e. The summed E-state index contributed by atoms with van der Waals surface area (Å²) in [4.78, 5) is 22.3. The number of carboxylic acids is 1. The summed E-state index contributed by atoms with van der Waals surface area (Å²) in [5.74, 6) is -1.19. The number of hydrogen-bond donors (Lipinski definition) is 3. The molecule has 1 amide bonds. The minimum absolute atomic E-state index is 0.132. The Bertz CT molecular complexity index is 414. The predicted octanol–water partition coefficient (Wildman–Crippen LogP) is 0.969. The van der Waals surface area contributed by atoms with Crippen molar-refractivity contribution in [2.75, 3.05) is 6.54 Å². The maximum Gasteiger partial charge on any atom is 0.371 e. The molecule has 0 aliphatic carbocycles. The normalized spacial score (nSPS) is 12.1. The number of furan rings is 1. The van der Waals surface area contributed by atoms with Crippen LogP contribution >= 0.6 is 0 Å². The van der Waals surface area contributed by atoms with Crippen molar-refractivity contribution in [3.8, 4) is 0 Å². The lowest BCUT2D eigenvalue weighted by Gasteiger charge is -2.12. The van der Waals surface area contributed by atoms with Gasteiger partial charge in [0.25, 0.3) is 0 Å². The van der Waals surface area contributed by atoms with Crippen LogP contribution in [0.15, 0.2) is 16.5 Å². The van der Waals surface area contributed by atoms with Crippen LogP contribution in [0.25, 0.3) is 0 Å². The number of carbonyl (C=O) groups is 2. The Labute approximate surface area is 105 Å². The van der Waals surface area contributed by atoms with Gasteiger partial charge in [-0.25, -0.2) is 4.79 Å². The van der Waals surface area contributed by atoms with Crippen LogP contribution < -0.4 is 11.1 Å². The van der Waals surface area contributed by atoms with Gasteiger partial charge in [-0.1, -0.05) is 13.3 Å². The number of nitrogens with one attached hydrogen (secondary N) is 1. The minimum atomic E-state index is -1.13. The van der Waals surface area contributed by atoms with Crippen LogP contribution in [-0.2, 0) is 11.3 Å². The SMILES string of the molecule is CCCC(CN)C(=O)NCc1ccc(C(=O)O)o1. The number of hydrogen-bond acceptors (Lipinski definition) is 4. The molecule has 0 aliphatic heterocycles. The predicted molar refractivity (Wildman–Crippen MR) is 65.0 cm³/mol. The van der Waals surface area contributed by atoms with E-state index in [2.05, 4.69) is 5.32 Å². The topological polar surface area (TPSA) is 106 Å². The van der Waals surface area contributed by atoms with E-state index in [1.165, 1.54) is 12.1 Å². The molecule has 100 valence electrons. The summed E-state index contributed by atoms with van der Waals surface area (Å²) in [6, 6.07) is 2.89. The highest BCUT2D eigenvalue weighted by Gasteiger charge is 2.16. The van der Waals surface area contributed by atoms with Gasteiger partial charge in [-0.15, -0.1) is 0 Å². The van der Waals surface area contributed by atoms with Crippen molar-refractivity contribution in [3.05, 3.63) is 23.7 Å². The average Bonchev–Trinajstić information content (AvgIpc) is 2.82. The lowest BCUT2D eigenvalue weighted by Crippen LogP contribution is -2.34. The molecule has 1 atom stereocenters. The largest absolute Gasteiger partial charge is 0.475 e. The second-order valence-electron chi connectivity index (χ2n) is 4.01. The Morgan fingerprint density at radius 3 is 2.72 bits per heavy atom. The second-order valence-corrected chi connectivity index (χ2v) is 4.01. The monoisotopic (exact) mass is 254 g/mol. The molecule has 1 rings (SSSR count). The van der Waals surface area contributed by atoms with Crippen LogP contribution in [0.4, 0.5) is 0 Å². The fourth-order valence-electron chi connectivity index (χ4n) is 1.61. The first kappa shape index (κ1) is 14.2. The summed E-state index contributed by atoms with van der Waals surface area (Å²) in [6.45, 7) is 2.46. The summed E-state index contributed by atoms with van der Waals surface area (Å²) in [5, 5.41) is 11.4. The summed E-state index contributed by atoms with van der Waals surface area (Å²) in [6.07, 6.45) is 1.63. The Hall–Kier alpha value is -1.82. The lowest BCUT2D eigenvalue weighted by molar-refractivity contribution is -0.125. The summed E-state index contributed by atoms with van der Waals surface area (Å²) in [5.41, 5.74) is 5.51. The summed E-state index contributed by atoms with van der Waals surface area (Å²) in [7, 11) is 0. The Balaban J connectivity index is 2.48. The zero-order valence-corrected chi connectivity index (χ0v) is 10.3. The number of carbonyl (C=O) groups excluding carboxylic acids is 1. The number of amides is 1. The molecule has 0 radical (unpaired) electrons. The van der Waals surface area contributed by atoms with Crippen LogP contribution in [0.3, 0.4) is 0 Å². The second kappa shape index (κ2) is 6.80. The van der Waals surface area contributed by atoms with Gasteiger partial charge in [0.1, 0.15) is 5.76 Å². The Morgan fingerprint density at radius 1 is 1.50 bits per heavy atom. The van der Waals surface area contributed by atoms with Crippen LogP contribution in [-0.4, -0.2) is 23.5 Å². The molecule has 1 unspecified atom stereocenters. The molecular weight excluding hydrogens is 236 g/mol. The van der Waals surface area contributed by atoms with Gasteiger partial charge in [0, 0.05) is 6.54 Å². The highest BCUT2D eigenvalue weighted by Crippen LogP contribution is 2.09. The van der Waals surface area contributed by atoms with Crippen LogP contribution in [0.5, 0.6) is 0 Å². The van der Waals surface area contributed by atoms with Gasteiger partial charge in [-0.3, -0.25) is 4.79 Å². The zero-order chi connectivity index (χ0) is 13.5. The molecule has 0 aliphatic rings. The molecular formula is C12H18N2O4. The average molecular weight is 254 g/mol. The molecule has 0 spiro atoms. The van der Waals surface area contributed by atoms with Crippen molar-refractivity contribution in [1.82, 2.24) is 5.32 Å². The highest BCUT2D eigenvalue weighted by atomic mass is 16.4. The van der Waals surface area contributed by atoms with E-state index in [1.807, 2.05) is 6.92 Å². The molecule has 6 heteroatoms. The van der Waals surface area contributed by atoms with Crippen molar-refractivity contribution in [1.29, 1.82) is 0 Å². The smallest absolute Gasteiger partial charge is 0.371 e. The van der Waals surface area contributed by atoms with E-state index in [0.717, 1.165) is 12.8 Å². The van der Waals surface area contributed by atoms with E-state index >= 15 is 0 Å². The summed E-state index contributed by atoms with van der Waals surface area (Å²) < 4.78 is 5.02. The maximum absolute atomic E-state index is 11.7. The van der Waals surface area contributed by atoms with Gasteiger partial charge in [0.15, 0.2) is 0 Å². The number of rotatable bonds is 7. The van der Waals surface area contributed by atoms with Crippen LogP contribution in [0, 0.1) is 5.92 Å². The van der Waals surface area contributed by atoms with Gasteiger partial charge in [-0.2, -0.15) is 0 Å². The quantitative estimate of drug-likeness (QED) is 0.672. The van der Waals surface area contributed by atoms with Gasteiger partial charge in [0.2, 0.25) is 11.7 Å². The third-order valence-corrected chi connectivity index (χ3v) is 2.60. The number of carboxylic acid groups (broad SMARTS) is 1. The first-order valence-corrected chi connectivity index (χ1v) is 5.88. The molecule has 6 nitrogen and oxygen atoms in total. The van der Waals surface area contributed by atoms with Gasteiger partial charge < -0.3 is 20.6 Å². The van der Waals surface area contributed by atoms with E-state index in [4.69, 9.17) is 15.3 Å². The third-order valence-electron chi connectivity index (χ3n) is 2.60. The molecule has 0 saturated carbocycles. The Morgan fingerprint density at radius 2 is 2.22 bits per heavy atom. The first-order valence-electron chi connectivity index (χ1n) is 5.88. The van der Waals surface area contributed by atoms with Gasteiger partial charge >= 0.3 is 5.97 Å². The van der Waals surface area contributed by atoms with E-state index in [9.17, 15) is 9.59 Å². The molecule has 0 bridgehead atoms. The van der Waals surface area contributed by atoms with Gasteiger partial charge in [-0.05, 0) is 18.6 Å². The van der Waals surface area contributed by atoms with E-state index in [0.29, 0.717) is 12.3 Å². The number of nitrogens with two attached hydrogens (primary N) is 1. The zero-order valence-electron chi connectivity index (χ0n) is 10.3. The fourth-order valence-corrected chi connectivity index (χ4v) is 1.61. The fraction of sp³-hybridized carbons (Fsp3) is 0.500. The van der Waals surface area contributed by atoms with Crippen LogP contribution in [0.2, 0.25) is 0 Å². The van der Waals surface area contributed by atoms with E-state index in [-0.39, 0.29) is 24.1 Å². The third kappa shape index (κ3) is 3.89.